The fraction of sp³-hybridized carbons (Fsp3) is 0.625. The molecule has 1 aromatic carbocycles. The Hall–Kier alpha value is -0.540. The van der Waals surface area contributed by atoms with E-state index in [0.717, 1.165) is 11.2 Å². The van der Waals surface area contributed by atoms with Gasteiger partial charge in [-0.25, -0.2) is 4.39 Å². The van der Waals surface area contributed by atoms with Gasteiger partial charge in [-0.05, 0) is 55.6 Å². The number of thioether (sulfide) groups is 1. The van der Waals surface area contributed by atoms with Crippen molar-refractivity contribution in [2.45, 2.75) is 49.4 Å². The summed E-state index contributed by atoms with van der Waals surface area (Å²) in [7, 11) is 0. The molecule has 2 aliphatic rings. The summed E-state index contributed by atoms with van der Waals surface area (Å²) < 4.78 is 13.1. The molecule has 2 aliphatic carbocycles. The summed E-state index contributed by atoms with van der Waals surface area (Å²) in [6.45, 7) is 0. The molecular weight excluding hydrogens is 257 g/mol. The average molecular weight is 279 g/mol. The molecule has 1 aromatic rings. The zero-order valence-corrected chi connectivity index (χ0v) is 12.3. The third kappa shape index (κ3) is 3.14. The van der Waals surface area contributed by atoms with E-state index in [0.29, 0.717) is 12.1 Å². The van der Waals surface area contributed by atoms with Crippen molar-refractivity contribution in [3.8, 4) is 0 Å². The lowest BCUT2D eigenvalue weighted by molar-refractivity contribution is 0.410. The second-order valence-electron chi connectivity index (χ2n) is 5.84. The first kappa shape index (κ1) is 13.4. The Kier molecular flexibility index (Phi) is 4.13. The van der Waals surface area contributed by atoms with Crippen LogP contribution in [-0.2, 0) is 0 Å². The molecule has 3 atom stereocenters. The molecule has 0 radical (unpaired) electrons. The monoisotopic (exact) mass is 279 g/mol. The van der Waals surface area contributed by atoms with E-state index < -0.39 is 0 Å². The highest BCUT2D eigenvalue weighted by Crippen LogP contribution is 2.42. The molecule has 0 heterocycles. The van der Waals surface area contributed by atoms with E-state index in [-0.39, 0.29) is 5.82 Å². The number of rotatable bonds is 5. The van der Waals surface area contributed by atoms with Crippen molar-refractivity contribution in [1.29, 1.82) is 0 Å². The first-order valence-electron chi connectivity index (χ1n) is 7.32. The van der Waals surface area contributed by atoms with Crippen molar-refractivity contribution >= 4 is 11.8 Å². The van der Waals surface area contributed by atoms with Gasteiger partial charge in [0.25, 0.3) is 0 Å². The van der Waals surface area contributed by atoms with Gasteiger partial charge in [0.2, 0.25) is 0 Å². The highest BCUT2D eigenvalue weighted by atomic mass is 32.2. The van der Waals surface area contributed by atoms with Gasteiger partial charge < -0.3 is 5.32 Å². The standard InChI is InChI=1S/C16H22FNS/c1-19-15-4-2-3-14(15)18-16(11-5-6-11)12-7-9-13(17)10-8-12/h7-11,14-16,18H,2-6H2,1H3. The second-order valence-corrected chi connectivity index (χ2v) is 6.92. The predicted molar refractivity (Wildman–Crippen MR) is 79.9 cm³/mol. The maximum absolute atomic E-state index is 13.1. The maximum atomic E-state index is 13.1. The summed E-state index contributed by atoms with van der Waals surface area (Å²) in [5.74, 6) is 0.620. The third-order valence-corrected chi connectivity index (χ3v) is 5.64. The van der Waals surface area contributed by atoms with Gasteiger partial charge in [-0.15, -0.1) is 0 Å². The summed E-state index contributed by atoms with van der Waals surface area (Å²) in [5.41, 5.74) is 1.26. The number of hydrogen-bond acceptors (Lipinski definition) is 2. The van der Waals surface area contributed by atoms with Crippen LogP contribution in [0.3, 0.4) is 0 Å². The Morgan fingerprint density at radius 3 is 2.53 bits per heavy atom. The number of nitrogens with one attached hydrogen (secondary N) is 1. The molecular formula is C16H22FNS. The van der Waals surface area contributed by atoms with Gasteiger partial charge in [-0.1, -0.05) is 18.6 Å². The van der Waals surface area contributed by atoms with Crippen molar-refractivity contribution < 1.29 is 4.39 Å². The molecule has 2 fully saturated rings. The van der Waals surface area contributed by atoms with Crippen molar-refractivity contribution in [2.75, 3.05) is 6.26 Å². The van der Waals surface area contributed by atoms with E-state index in [1.807, 2.05) is 23.9 Å². The molecule has 0 saturated heterocycles. The third-order valence-electron chi connectivity index (χ3n) is 4.47. The van der Waals surface area contributed by atoms with Crippen LogP contribution in [0.25, 0.3) is 0 Å². The quantitative estimate of drug-likeness (QED) is 0.869. The molecule has 0 aromatic heterocycles. The molecule has 2 saturated carbocycles. The van der Waals surface area contributed by atoms with Crippen molar-refractivity contribution in [2.24, 2.45) is 5.92 Å². The van der Waals surface area contributed by atoms with Gasteiger partial charge in [0.05, 0.1) is 0 Å². The number of benzene rings is 1. The molecule has 19 heavy (non-hydrogen) atoms. The van der Waals surface area contributed by atoms with Gasteiger partial charge in [0.1, 0.15) is 5.82 Å². The lowest BCUT2D eigenvalue weighted by Crippen LogP contribution is -2.37. The Morgan fingerprint density at radius 2 is 1.89 bits per heavy atom. The van der Waals surface area contributed by atoms with Crippen molar-refractivity contribution in [1.82, 2.24) is 5.32 Å². The van der Waals surface area contributed by atoms with Gasteiger partial charge in [0, 0.05) is 17.3 Å². The van der Waals surface area contributed by atoms with Crippen LogP contribution < -0.4 is 5.32 Å². The van der Waals surface area contributed by atoms with Crippen LogP contribution in [0.5, 0.6) is 0 Å². The lowest BCUT2D eigenvalue weighted by Gasteiger charge is -2.27. The second kappa shape index (κ2) is 5.84. The van der Waals surface area contributed by atoms with Gasteiger partial charge in [-0.2, -0.15) is 11.8 Å². The minimum atomic E-state index is -0.138. The first-order valence-corrected chi connectivity index (χ1v) is 8.61. The van der Waals surface area contributed by atoms with E-state index >= 15 is 0 Å². The van der Waals surface area contributed by atoms with Crippen LogP contribution in [0.2, 0.25) is 0 Å². The highest BCUT2D eigenvalue weighted by Gasteiger charge is 2.36. The summed E-state index contributed by atoms with van der Waals surface area (Å²) >= 11 is 1.99. The molecule has 104 valence electrons. The van der Waals surface area contributed by atoms with Crippen LogP contribution >= 0.6 is 11.8 Å². The lowest BCUT2D eigenvalue weighted by atomic mass is 10.0. The molecule has 1 nitrogen and oxygen atoms in total. The van der Waals surface area contributed by atoms with Crippen LogP contribution in [-0.4, -0.2) is 17.5 Å². The smallest absolute Gasteiger partial charge is 0.123 e. The fourth-order valence-electron chi connectivity index (χ4n) is 3.23. The summed E-state index contributed by atoms with van der Waals surface area (Å²) in [4.78, 5) is 0. The molecule has 3 rings (SSSR count). The SMILES string of the molecule is CSC1CCCC1NC(c1ccc(F)cc1)C1CC1. The molecule has 1 N–H and O–H groups in total. The Labute approximate surface area is 119 Å². The zero-order valence-electron chi connectivity index (χ0n) is 11.4. The maximum Gasteiger partial charge on any atom is 0.123 e. The summed E-state index contributed by atoms with van der Waals surface area (Å²) in [6, 6.07) is 8.15. The van der Waals surface area contributed by atoms with E-state index in [9.17, 15) is 4.39 Å². The van der Waals surface area contributed by atoms with Crippen LogP contribution in [0.1, 0.15) is 43.7 Å². The van der Waals surface area contributed by atoms with E-state index in [1.165, 1.54) is 37.7 Å². The van der Waals surface area contributed by atoms with E-state index in [4.69, 9.17) is 0 Å². The molecule has 3 heteroatoms. The van der Waals surface area contributed by atoms with E-state index in [1.54, 1.807) is 12.1 Å². The van der Waals surface area contributed by atoms with Gasteiger partial charge in [0.15, 0.2) is 0 Å². The van der Waals surface area contributed by atoms with Gasteiger partial charge in [-0.3, -0.25) is 0 Å². The predicted octanol–water partition coefficient (Wildman–Crippen LogP) is 4.15. The van der Waals surface area contributed by atoms with E-state index in [2.05, 4.69) is 11.6 Å². The normalized spacial score (nSPS) is 28.5. The largest absolute Gasteiger partial charge is 0.306 e. The molecule has 0 amide bonds. The number of hydrogen-bond donors (Lipinski definition) is 1. The number of halogens is 1. The van der Waals surface area contributed by atoms with Gasteiger partial charge >= 0.3 is 0 Å². The first-order chi connectivity index (χ1) is 9.28. The molecule has 3 unspecified atom stereocenters. The van der Waals surface area contributed by atoms with Crippen molar-refractivity contribution in [3.63, 3.8) is 0 Å². The average Bonchev–Trinajstić information content (AvgIpc) is 3.17. The van der Waals surface area contributed by atoms with Crippen LogP contribution in [0.15, 0.2) is 24.3 Å². The Balaban J connectivity index is 1.72. The minimum absolute atomic E-state index is 0.138. The van der Waals surface area contributed by atoms with Crippen LogP contribution in [0, 0.1) is 11.7 Å². The molecule has 0 bridgehead atoms. The topological polar surface area (TPSA) is 12.0 Å². The summed E-state index contributed by atoms with van der Waals surface area (Å²) in [6.07, 6.45) is 8.80. The zero-order chi connectivity index (χ0) is 13.2. The Bertz CT molecular complexity index is 415. The molecule has 0 spiro atoms. The molecule has 0 aliphatic heterocycles. The highest BCUT2D eigenvalue weighted by molar-refractivity contribution is 7.99. The fourth-order valence-corrected chi connectivity index (χ4v) is 4.18. The van der Waals surface area contributed by atoms with Crippen molar-refractivity contribution in [3.05, 3.63) is 35.6 Å². The summed E-state index contributed by atoms with van der Waals surface area (Å²) in [5, 5.41) is 4.62. The van der Waals surface area contributed by atoms with Crippen LogP contribution in [0.4, 0.5) is 4.39 Å². The Morgan fingerprint density at radius 1 is 1.16 bits per heavy atom. The minimum Gasteiger partial charge on any atom is -0.306 e.